The van der Waals surface area contributed by atoms with Crippen molar-refractivity contribution in [2.24, 2.45) is 10.8 Å². The van der Waals surface area contributed by atoms with Crippen molar-refractivity contribution in [2.45, 2.75) is 80.8 Å². The van der Waals surface area contributed by atoms with Crippen LogP contribution >= 0.6 is 0 Å². The normalized spacial score (nSPS) is 14.9. The van der Waals surface area contributed by atoms with E-state index in [1.807, 2.05) is 0 Å². The zero-order valence-electron chi connectivity index (χ0n) is 20.5. The second kappa shape index (κ2) is 8.62. The second-order valence-electron chi connectivity index (χ2n) is 12.0. The smallest absolute Gasteiger partial charge is 0.144 e. The molecule has 0 atom stereocenters. The summed E-state index contributed by atoms with van der Waals surface area (Å²) < 4.78 is 0. The lowest BCUT2D eigenvalue weighted by Crippen LogP contribution is -2.43. The lowest BCUT2D eigenvalue weighted by molar-refractivity contribution is 0.487. The molecular weight excluding hydrogens is 372 g/mol. The monoisotopic (exact) mass is 416 g/mol. The van der Waals surface area contributed by atoms with Crippen molar-refractivity contribution in [2.75, 3.05) is 0 Å². The Kier molecular flexibility index (Phi) is 7.63. The van der Waals surface area contributed by atoms with Crippen molar-refractivity contribution in [3.05, 3.63) is 46.8 Å². The topological polar surface area (TPSA) is 24.1 Å². The van der Waals surface area contributed by atoms with Gasteiger partial charge < -0.3 is 9.96 Å². The Morgan fingerprint density at radius 1 is 0.643 bits per heavy atom. The maximum absolute atomic E-state index is 3.86. The minimum Gasteiger partial charge on any atom is -0.414 e. The minimum absolute atomic E-state index is 0.0839. The summed E-state index contributed by atoms with van der Waals surface area (Å²) in [4.78, 5) is 7.73. The van der Waals surface area contributed by atoms with E-state index in [-0.39, 0.29) is 10.8 Å². The van der Waals surface area contributed by atoms with Crippen LogP contribution in [0.5, 0.6) is 0 Å². The van der Waals surface area contributed by atoms with Crippen LogP contribution < -0.4 is 9.96 Å². The first-order chi connectivity index (χ1) is 12.4. The van der Waals surface area contributed by atoms with E-state index in [9.17, 15) is 0 Å². The fraction of sp³-hybridized carbons (Fsp3) is 0.583. The van der Waals surface area contributed by atoms with E-state index in [0.29, 0.717) is 0 Å². The van der Waals surface area contributed by atoms with Gasteiger partial charge in [-0.3, -0.25) is 0 Å². The van der Waals surface area contributed by atoms with Crippen molar-refractivity contribution >= 4 is 28.6 Å². The fourth-order valence-corrected chi connectivity index (χ4v) is 5.28. The molecule has 0 heterocycles. The van der Waals surface area contributed by atoms with Crippen LogP contribution in [0.15, 0.2) is 35.7 Å². The van der Waals surface area contributed by atoms with Gasteiger partial charge in [-0.25, -0.2) is 0 Å². The summed E-state index contributed by atoms with van der Waals surface area (Å²) in [5.41, 5.74) is 5.36. The van der Waals surface area contributed by atoms with Crippen LogP contribution in [0.3, 0.4) is 0 Å². The van der Waals surface area contributed by atoms with Gasteiger partial charge in [0.15, 0.2) is 0 Å². The summed E-state index contributed by atoms with van der Waals surface area (Å²) in [6, 6.07) is 8.75. The Balaban J connectivity index is 3.53. The first kappa shape index (κ1) is 24.8. The molecule has 28 heavy (non-hydrogen) atoms. The van der Waals surface area contributed by atoms with Crippen LogP contribution in [-0.4, -0.2) is 16.5 Å². The van der Waals surface area contributed by atoms with E-state index in [4.69, 9.17) is 0 Å². The summed E-state index contributed by atoms with van der Waals surface area (Å²) in [5.74, 6) is 0. The van der Waals surface area contributed by atoms with Gasteiger partial charge in [-0.1, -0.05) is 105 Å². The fourth-order valence-electron chi connectivity index (χ4n) is 2.77. The molecule has 0 aliphatic heterocycles. The van der Waals surface area contributed by atoms with E-state index < -0.39 is 16.5 Å². The van der Waals surface area contributed by atoms with Gasteiger partial charge in [0.25, 0.3) is 0 Å². The maximum Gasteiger partial charge on any atom is 0.144 e. The highest BCUT2D eigenvalue weighted by molar-refractivity contribution is 6.74. The highest BCUT2D eigenvalue weighted by Crippen LogP contribution is 2.30. The van der Waals surface area contributed by atoms with Crippen LogP contribution in [-0.2, 0) is 0 Å². The molecule has 0 radical (unpaired) electrons. The first-order valence-electron chi connectivity index (χ1n) is 10.5. The Bertz CT molecular complexity index is 656. The van der Waals surface area contributed by atoms with Gasteiger partial charge in [-0.2, -0.15) is 0 Å². The van der Waals surface area contributed by atoms with Gasteiger partial charge >= 0.3 is 0 Å². The number of rotatable bonds is 6. The summed E-state index contributed by atoms with van der Waals surface area (Å²) in [5, 5.41) is 0. The Labute approximate surface area is 177 Å². The predicted molar refractivity (Wildman–Crippen MR) is 134 cm³/mol. The van der Waals surface area contributed by atoms with Gasteiger partial charge in [-0.15, -0.1) is 0 Å². The van der Waals surface area contributed by atoms with Gasteiger partial charge in [-0.05, 0) is 23.3 Å². The van der Waals surface area contributed by atoms with E-state index >= 15 is 0 Å². The summed E-state index contributed by atoms with van der Waals surface area (Å²) >= 11 is 0. The van der Waals surface area contributed by atoms with E-state index in [2.05, 4.69) is 127 Å². The van der Waals surface area contributed by atoms with Crippen LogP contribution in [0.25, 0.3) is 12.2 Å². The minimum atomic E-state index is -1.44. The highest BCUT2D eigenvalue weighted by atomic mass is 28.3. The third kappa shape index (κ3) is 8.82. The highest BCUT2D eigenvalue weighted by Gasteiger charge is 2.25. The molecule has 0 unspecified atom stereocenters. The molecule has 158 valence electrons. The molecule has 0 aliphatic rings. The molecule has 0 bridgehead atoms. The number of allylic oxidation sites excluding steroid dienone is 2. The standard InChI is InChI=1S/C24H44N2Si2/c1-23(2,3)21(25-27(7,8)9)17-19-15-13-14-16-20(19)18-22(24(4,5)6)26-28(10,11)12/h13-18,25-26H,1-12H3/b21-17+,22-18+. The van der Waals surface area contributed by atoms with Gasteiger partial charge in [0, 0.05) is 22.2 Å². The molecule has 2 N–H and O–H groups in total. The molecule has 1 rings (SSSR count). The summed E-state index contributed by atoms with van der Waals surface area (Å²) in [6.45, 7) is 27.9. The quantitative estimate of drug-likeness (QED) is 0.475. The maximum atomic E-state index is 3.86. The average Bonchev–Trinajstić information content (AvgIpc) is 2.43. The number of benzene rings is 1. The van der Waals surface area contributed by atoms with Gasteiger partial charge in [0.2, 0.25) is 0 Å². The average molecular weight is 417 g/mol. The number of hydrogen-bond acceptors (Lipinski definition) is 2. The number of nitrogens with one attached hydrogen (secondary N) is 2. The molecule has 0 saturated carbocycles. The lowest BCUT2D eigenvalue weighted by atomic mass is 9.88. The zero-order chi connectivity index (χ0) is 22.0. The van der Waals surface area contributed by atoms with Crippen molar-refractivity contribution in [1.29, 1.82) is 0 Å². The Hall–Kier alpha value is -1.27. The van der Waals surface area contributed by atoms with Crippen LogP contribution in [0.4, 0.5) is 0 Å². The second-order valence-corrected chi connectivity index (χ2v) is 21.5. The summed E-state index contributed by atoms with van der Waals surface area (Å²) in [6.07, 6.45) is 4.72. The van der Waals surface area contributed by atoms with Crippen LogP contribution in [0, 0.1) is 10.8 Å². The Morgan fingerprint density at radius 2 is 0.929 bits per heavy atom. The number of hydrogen-bond donors (Lipinski definition) is 2. The van der Waals surface area contributed by atoms with Gasteiger partial charge in [0.1, 0.15) is 16.5 Å². The molecular formula is C24H44N2Si2. The van der Waals surface area contributed by atoms with E-state index in [0.717, 1.165) is 0 Å². The molecule has 0 fully saturated rings. The predicted octanol–water partition coefficient (Wildman–Crippen LogP) is 7.31. The van der Waals surface area contributed by atoms with E-state index in [1.165, 1.54) is 22.5 Å². The zero-order valence-corrected chi connectivity index (χ0v) is 22.5. The van der Waals surface area contributed by atoms with Gasteiger partial charge in [0.05, 0.1) is 0 Å². The van der Waals surface area contributed by atoms with Crippen molar-refractivity contribution in [3.8, 4) is 0 Å². The largest absolute Gasteiger partial charge is 0.414 e. The molecule has 4 heteroatoms. The first-order valence-corrected chi connectivity index (χ1v) is 17.5. The SMILES string of the molecule is CC(C)(C)/C(=C\c1ccccc1/C=C(/N[Si](C)(C)C)C(C)(C)C)N[Si](C)(C)C. The molecule has 0 saturated heterocycles. The molecule has 0 aromatic heterocycles. The third-order valence-electron chi connectivity index (χ3n) is 4.23. The Morgan fingerprint density at radius 3 is 1.14 bits per heavy atom. The van der Waals surface area contributed by atoms with Crippen LogP contribution in [0.1, 0.15) is 52.7 Å². The molecule has 0 spiro atoms. The van der Waals surface area contributed by atoms with Crippen molar-refractivity contribution < 1.29 is 0 Å². The molecule has 1 aromatic rings. The van der Waals surface area contributed by atoms with Crippen molar-refractivity contribution in [3.63, 3.8) is 0 Å². The third-order valence-corrected chi connectivity index (χ3v) is 6.27. The molecule has 1 aromatic carbocycles. The summed E-state index contributed by atoms with van der Waals surface area (Å²) in [7, 11) is -2.87. The molecule has 2 nitrogen and oxygen atoms in total. The van der Waals surface area contributed by atoms with E-state index in [1.54, 1.807) is 0 Å². The molecule has 0 aliphatic carbocycles. The van der Waals surface area contributed by atoms with Crippen LogP contribution in [0.2, 0.25) is 39.3 Å². The molecule has 0 amide bonds. The van der Waals surface area contributed by atoms with Crippen molar-refractivity contribution in [1.82, 2.24) is 9.96 Å². The lowest BCUT2D eigenvalue weighted by Gasteiger charge is -2.32.